The number of fused-ring (bicyclic) bond motifs is 2. The van der Waals surface area contributed by atoms with E-state index in [4.69, 9.17) is 9.84 Å². The van der Waals surface area contributed by atoms with Gasteiger partial charge in [0.25, 0.3) is 5.56 Å². The van der Waals surface area contributed by atoms with Crippen molar-refractivity contribution in [2.24, 2.45) is 18.9 Å². The molecule has 2 atom stereocenters. The van der Waals surface area contributed by atoms with Gasteiger partial charge in [-0.05, 0) is 30.4 Å². The Bertz CT molecular complexity index is 1310. The van der Waals surface area contributed by atoms with Gasteiger partial charge in [-0.1, -0.05) is 19.3 Å². The van der Waals surface area contributed by atoms with Crippen LogP contribution in [0.15, 0.2) is 34.1 Å². The van der Waals surface area contributed by atoms with Crippen molar-refractivity contribution in [3.8, 4) is 17.1 Å². The minimum absolute atomic E-state index is 0.00279. The zero-order valence-electron chi connectivity index (χ0n) is 19.0. The van der Waals surface area contributed by atoms with E-state index in [1.807, 2.05) is 0 Å². The summed E-state index contributed by atoms with van der Waals surface area (Å²) in [6.45, 7) is -0.320. The van der Waals surface area contributed by atoms with Crippen molar-refractivity contribution in [1.82, 2.24) is 24.1 Å². The van der Waals surface area contributed by atoms with Crippen LogP contribution in [-0.4, -0.2) is 64.9 Å². The number of nitrogens with one attached hydrogen (secondary N) is 1. The van der Waals surface area contributed by atoms with E-state index in [9.17, 15) is 13.2 Å². The Kier molecular flexibility index (Phi) is 6.55. The van der Waals surface area contributed by atoms with Gasteiger partial charge in [-0.3, -0.25) is 9.48 Å². The quantitative estimate of drug-likeness (QED) is 0.555. The van der Waals surface area contributed by atoms with E-state index >= 15 is 0 Å². The highest BCUT2D eigenvalue weighted by atomic mass is 32.2. The number of aromatic nitrogens is 4. The zero-order chi connectivity index (χ0) is 23.8. The van der Waals surface area contributed by atoms with Gasteiger partial charge in [-0.15, -0.1) is 0 Å². The minimum atomic E-state index is -3.79. The van der Waals surface area contributed by atoms with Crippen LogP contribution in [0.2, 0.25) is 0 Å². The number of hydrogen-bond donors (Lipinski definition) is 2. The maximum absolute atomic E-state index is 12.6. The number of aliphatic hydroxyl groups excluding tert-OH is 1. The van der Waals surface area contributed by atoms with Crippen LogP contribution in [0.25, 0.3) is 22.4 Å². The van der Waals surface area contributed by atoms with Gasteiger partial charge in [0, 0.05) is 26.7 Å². The molecule has 0 amide bonds. The van der Waals surface area contributed by atoms with Crippen molar-refractivity contribution in [2.45, 2.75) is 30.6 Å². The molecule has 2 heterocycles. The molecule has 0 bridgehead atoms. The van der Waals surface area contributed by atoms with Crippen molar-refractivity contribution in [1.29, 1.82) is 0 Å². The first-order valence-electron chi connectivity index (χ1n) is 10.9. The number of sulfonamides is 1. The molecule has 3 aromatic rings. The first kappa shape index (κ1) is 23.4. The highest BCUT2D eigenvalue weighted by Gasteiger charge is 2.40. The van der Waals surface area contributed by atoms with Crippen molar-refractivity contribution in [3.05, 3.63) is 34.7 Å². The molecule has 0 spiro atoms. The molecule has 0 saturated heterocycles. The Balaban J connectivity index is 0.000000367. The number of H-pyrrole nitrogens is 1. The molecule has 2 saturated carbocycles. The number of benzene rings is 1. The Hall–Kier alpha value is -2.76. The second-order valence-electron chi connectivity index (χ2n) is 8.52. The van der Waals surface area contributed by atoms with E-state index in [-0.39, 0.29) is 35.2 Å². The minimum Gasteiger partial charge on any atom is -0.496 e. The number of aromatic amines is 1. The number of aliphatic hydroxyl groups is 1. The molecule has 11 heteroatoms. The van der Waals surface area contributed by atoms with E-state index in [0.29, 0.717) is 16.6 Å². The lowest BCUT2D eigenvalue weighted by molar-refractivity contribution is 0.266. The Morgan fingerprint density at radius 1 is 1.30 bits per heavy atom. The number of rotatable bonds is 6. The summed E-state index contributed by atoms with van der Waals surface area (Å²) in [5.74, 6) is 2.90. The molecular formula is C22H29N5O5S. The SMILES string of the molecule is C1CC2CC2C1.COc1cc(S(=O)(=O)N(C)CCO)ccc1-c1nc2c(cnn2C)c(=O)[nH]1. The summed E-state index contributed by atoms with van der Waals surface area (Å²) in [6, 6.07) is 4.26. The van der Waals surface area contributed by atoms with Crippen LogP contribution in [0.1, 0.15) is 25.7 Å². The monoisotopic (exact) mass is 475 g/mol. The maximum atomic E-state index is 12.6. The first-order valence-corrected chi connectivity index (χ1v) is 12.4. The molecule has 10 nitrogen and oxygen atoms in total. The number of aryl methyl sites for hydroxylation is 1. The van der Waals surface area contributed by atoms with Gasteiger partial charge in [0.15, 0.2) is 5.65 Å². The lowest BCUT2D eigenvalue weighted by Gasteiger charge is -2.17. The predicted molar refractivity (Wildman–Crippen MR) is 123 cm³/mol. The fraction of sp³-hybridized carbons (Fsp3) is 0.500. The normalized spacial score (nSPS) is 19.3. The fourth-order valence-corrected chi connectivity index (χ4v) is 5.47. The predicted octanol–water partition coefficient (Wildman–Crippen LogP) is 1.75. The molecule has 0 aliphatic heterocycles. The van der Waals surface area contributed by atoms with Crippen LogP contribution in [0.4, 0.5) is 0 Å². The second-order valence-corrected chi connectivity index (χ2v) is 10.6. The summed E-state index contributed by atoms with van der Waals surface area (Å²) >= 11 is 0. The average Bonchev–Trinajstić information content (AvgIpc) is 3.21. The number of likely N-dealkylation sites (N-methyl/N-ethyl adjacent to an activating group) is 1. The van der Waals surface area contributed by atoms with Gasteiger partial charge in [-0.25, -0.2) is 13.4 Å². The van der Waals surface area contributed by atoms with Gasteiger partial charge >= 0.3 is 0 Å². The first-order chi connectivity index (χ1) is 15.8. The fourth-order valence-electron chi connectivity index (χ4n) is 4.29. The van der Waals surface area contributed by atoms with Gasteiger partial charge in [0.1, 0.15) is 17.0 Å². The highest BCUT2D eigenvalue weighted by Crippen LogP contribution is 2.51. The third-order valence-corrected chi connectivity index (χ3v) is 8.22. The Morgan fingerprint density at radius 3 is 2.61 bits per heavy atom. The van der Waals surface area contributed by atoms with Crippen molar-refractivity contribution >= 4 is 21.1 Å². The lowest BCUT2D eigenvalue weighted by atomic mass is 10.2. The Morgan fingerprint density at radius 2 is 2.03 bits per heavy atom. The summed E-state index contributed by atoms with van der Waals surface area (Å²) in [6.07, 6.45) is 7.67. The lowest BCUT2D eigenvalue weighted by Crippen LogP contribution is -2.29. The van der Waals surface area contributed by atoms with E-state index in [2.05, 4.69) is 15.1 Å². The van der Waals surface area contributed by atoms with Gasteiger partial charge in [0.05, 0.1) is 30.4 Å². The van der Waals surface area contributed by atoms with Crippen LogP contribution in [0.5, 0.6) is 5.75 Å². The molecule has 0 radical (unpaired) electrons. The third-order valence-electron chi connectivity index (χ3n) is 6.37. The average molecular weight is 476 g/mol. The highest BCUT2D eigenvalue weighted by molar-refractivity contribution is 7.89. The molecule has 5 rings (SSSR count). The van der Waals surface area contributed by atoms with Crippen molar-refractivity contribution in [3.63, 3.8) is 0 Å². The molecule has 1 aromatic carbocycles. The smallest absolute Gasteiger partial charge is 0.262 e. The topological polar surface area (TPSA) is 130 Å². The molecule has 178 valence electrons. The molecule has 2 fully saturated rings. The molecule has 2 N–H and O–H groups in total. The van der Waals surface area contributed by atoms with Crippen LogP contribution in [0.3, 0.4) is 0 Å². The number of nitrogens with zero attached hydrogens (tertiary/aromatic N) is 4. The summed E-state index contributed by atoms with van der Waals surface area (Å²) in [5, 5.41) is 13.3. The standard InChI is InChI=1S/C16H19N5O5S.C6H10/c1-20(6-7-22)27(24,25)10-4-5-11(13(8-10)26-3)14-18-15-12(16(23)19-14)9-17-21(15)2;1-2-5-4-6(5)3-1/h4-5,8-9,22H,6-7H2,1-3H3,(H,18,19,23);5-6H,1-4H2. The van der Waals surface area contributed by atoms with Crippen LogP contribution in [0, 0.1) is 11.8 Å². The summed E-state index contributed by atoms with van der Waals surface area (Å²) in [7, 11) is 0.655. The number of ether oxygens (including phenoxy) is 1. The van der Waals surface area contributed by atoms with Crippen LogP contribution >= 0.6 is 0 Å². The molecular weight excluding hydrogens is 446 g/mol. The van der Waals surface area contributed by atoms with E-state index < -0.39 is 10.0 Å². The molecule has 2 aromatic heterocycles. The summed E-state index contributed by atoms with van der Waals surface area (Å²) < 4.78 is 32.9. The van der Waals surface area contributed by atoms with Gasteiger partial charge in [0.2, 0.25) is 10.0 Å². The van der Waals surface area contributed by atoms with E-state index in [0.717, 1.165) is 4.31 Å². The van der Waals surface area contributed by atoms with Crippen molar-refractivity contribution in [2.75, 3.05) is 27.3 Å². The maximum Gasteiger partial charge on any atom is 0.262 e. The number of hydrogen-bond acceptors (Lipinski definition) is 7. The molecule has 2 aliphatic carbocycles. The summed E-state index contributed by atoms with van der Waals surface area (Å²) in [4.78, 5) is 19.3. The second kappa shape index (κ2) is 9.24. The third kappa shape index (κ3) is 4.66. The summed E-state index contributed by atoms with van der Waals surface area (Å²) in [5.41, 5.74) is 0.473. The molecule has 2 aliphatic rings. The van der Waals surface area contributed by atoms with Crippen LogP contribution in [-0.2, 0) is 17.1 Å². The largest absolute Gasteiger partial charge is 0.496 e. The molecule has 2 unspecified atom stereocenters. The van der Waals surface area contributed by atoms with E-state index in [1.165, 1.54) is 61.5 Å². The zero-order valence-corrected chi connectivity index (χ0v) is 19.8. The van der Waals surface area contributed by atoms with Gasteiger partial charge in [-0.2, -0.15) is 9.40 Å². The van der Waals surface area contributed by atoms with Crippen molar-refractivity contribution < 1.29 is 18.3 Å². The number of methoxy groups -OCH3 is 1. The Labute approximate surface area is 192 Å². The van der Waals surface area contributed by atoms with Gasteiger partial charge < -0.3 is 14.8 Å². The van der Waals surface area contributed by atoms with Crippen LogP contribution < -0.4 is 10.3 Å². The molecule has 33 heavy (non-hydrogen) atoms. The van der Waals surface area contributed by atoms with E-state index in [1.54, 1.807) is 26.3 Å².